The molecule has 48 valence electrons. The van der Waals surface area contributed by atoms with E-state index in [1.807, 2.05) is 0 Å². The Balaban J connectivity index is 2.38. The van der Waals surface area contributed by atoms with Crippen LogP contribution < -0.4 is 0 Å². The molecule has 2 aliphatic carbocycles. The topological polar surface area (TPSA) is 0 Å². The molecule has 0 bridgehead atoms. The predicted octanol–water partition coefficient (Wildman–Crippen LogP) is 2.27. The summed E-state index contributed by atoms with van der Waals surface area (Å²) in [5, 5.41) is 0. The van der Waals surface area contributed by atoms with Gasteiger partial charge >= 0.3 is 0 Å². The van der Waals surface area contributed by atoms with Gasteiger partial charge in [-0.2, -0.15) is 0 Å². The van der Waals surface area contributed by atoms with Gasteiger partial charge in [-0.3, -0.25) is 0 Å². The van der Waals surface area contributed by atoms with Crippen molar-refractivity contribution >= 4 is 12.2 Å². The van der Waals surface area contributed by atoms with Crippen LogP contribution in [0, 0.1) is 0 Å². The van der Waals surface area contributed by atoms with Crippen LogP contribution in [0.1, 0.15) is 22.3 Å². The van der Waals surface area contributed by atoms with Gasteiger partial charge < -0.3 is 0 Å². The van der Waals surface area contributed by atoms with Gasteiger partial charge in [-0.25, -0.2) is 0 Å². The highest BCUT2D eigenvalue weighted by atomic mass is 14.2. The molecule has 3 rings (SSSR count). The summed E-state index contributed by atoms with van der Waals surface area (Å²) in [6.07, 6.45) is 7.03. The molecule has 0 N–H and O–H groups in total. The molecule has 0 spiro atoms. The normalized spacial score (nSPS) is 16.8. The molecule has 1 aromatic carbocycles. The molecule has 0 unspecified atom stereocenters. The molecule has 1 aromatic rings. The summed E-state index contributed by atoms with van der Waals surface area (Å²) < 4.78 is 0. The molecular weight excluding hydrogens is 120 g/mol. The van der Waals surface area contributed by atoms with E-state index in [0.717, 1.165) is 0 Å². The van der Waals surface area contributed by atoms with Crippen molar-refractivity contribution < 1.29 is 0 Å². The van der Waals surface area contributed by atoms with E-state index < -0.39 is 0 Å². The minimum atomic E-state index is 1.30. The number of benzene rings is 1. The number of aryl methyl sites for hydroxylation is 1. The van der Waals surface area contributed by atoms with E-state index in [-0.39, 0.29) is 0 Å². The lowest BCUT2D eigenvalue weighted by atomic mass is 9.79. The van der Waals surface area contributed by atoms with Crippen LogP contribution in [0.5, 0.6) is 0 Å². The van der Waals surface area contributed by atoms with E-state index in [2.05, 4.69) is 24.3 Å². The molecule has 0 saturated heterocycles. The van der Waals surface area contributed by atoms with Crippen LogP contribution in [0.4, 0.5) is 0 Å². The maximum atomic E-state index is 2.27. The molecule has 0 radical (unpaired) electrons. The largest absolute Gasteiger partial charge is 0.0581 e. The first kappa shape index (κ1) is 4.73. The predicted molar refractivity (Wildman–Crippen MR) is 42.8 cm³/mol. The smallest absolute Gasteiger partial charge is 0.0149 e. The molecule has 0 nitrogen and oxygen atoms in total. The lowest BCUT2D eigenvalue weighted by Crippen LogP contribution is -2.12. The summed E-state index contributed by atoms with van der Waals surface area (Å²) in [4.78, 5) is 0. The summed E-state index contributed by atoms with van der Waals surface area (Å²) >= 11 is 0. The van der Waals surface area contributed by atoms with E-state index in [1.54, 1.807) is 11.1 Å². The molecular formula is C10H8. The maximum Gasteiger partial charge on any atom is -0.0149 e. The highest BCUT2D eigenvalue weighted by Crippen LogP contribution is 2.35. The van der Waals surface area contributed by atoms with Gasteiger partial charge in [-0.15, -0.1) is 0 Å². The van der Waals surface area contributed by atoms with E-state index in [4.69, 9.17) is 0 Å². The second kappa shape index (κ2) is 1.34. The quantitative estimate of drug-likeness (QED) is 0.510. The Hall–Kier alpha value is -1.04. The first-order chi connectivity index (χ1) is 4.95. The van der Waals surface area contributed by atoms with Crippen molar-refractivity contribution in [2.24, 2.45) is 0 Å². The van der Waals surface area contributed by atoms with Crippen molar-refractivity contribution in [1.82, 2.24) is 0 Å². The second-order valence-electron chi connectivity index (χ2n) is 3.04. The second-order valence-corrected chi connectivity index (χ2v) is 3.04. The lowest BCUT2D eigenvalue weighted by Gasteiger charge is -2.25. The summed E-state index contributed by atoms with van der Waals surface area (Å²) in [7, 11) is 0. The molecule has 0 aromatic heterocycles. The van der Waals surface area contributed by atoms with E-state index in [1.165, 1.54) is 24.0 Å². The Labute approximate surface area is 60.2 Å². The van der Waals surface area contributed by atoms with Crippen LogP contribution in [0.3, 0.4) is 0 Å². The van der Waals surface area contributed by atoms with Crippen LogP contribution in [0.25, 0.3) is 12.2 Å². The fraction of sp³-hybridized carbons (Fsp3) is 0.200. The number of rotatable bonds is 0. The minimum absolute atomic E-state index is 1.30. The maximum absolute atomic E-state index is 2.27. The Bertz CT molecular complexity index is 332. The zero-order valence-electron chi connectivity index (χ0n) is 5.72. The van der Waals surface area contributed by atoms with Crippen molar-refractivity contribution in [3.05, 3.63) is 34.4 Å². The fourth-order valence-electron chi connectivity index (χ4n) is 1.76. The Morgan fingerprint density at radius 3 is 2.50 bits per heavy atom. The third-order valence-corrected chi connectivity index (χ3v) is 2.56. The highest BCUT2D eigenvalue weighted by Gasteiger charge is 2.20. The molecule has 0 aliphatic heterocycles. The van der Waals surface area contributed by atoms with Crippen LogP contribution >= 0.6 is 0 Å². The van der Waals surface area contributed by atoms with Gasteiger partial charge in [0, 0.05) is 0 Å². The average Bonchev–Trinajstić information content (AvgIpc) is 1.84. The van der Waals surface area contributed by atoms with E-state index in [0.29, 0.717) is 0 Å². The third-order valence-electron chi connectivity index (χ3n) is 2.56. The minimum Gasteiger partial charge on any atom is -0.0581 e. The number of fused-ring (bicyclic) bond motifs is 3. The van der Waals surface area contributed by atoms with Crippen LogP contribution in [0.2, 0.25) is 0 Å². The third kappa shape index (κ3) is 0.367. The monoisotopic (exact) mass is 128 g/mol. The van der Waals surface area contributed by atoms with Crippen molar-refractivity contribution in [3.8, 4) is 0 Å². The molecule has 0 amide bonds. The van der Waals surface area contributed by atoms with Crippen LogP contribution in [-0.2, 0) is 12.8 Å². The van der Waals surface area contributed by atoms with Crippen LogP contribution in [0.15, 0.2) is 12.1 Å². The van der Waals surface area contributed by atoms with Gasteiger partial charge in [-0.1, -0.05) is 24.3 Å². The van der Waals surface area contributed by atoms with Gasteiger partial charge in [0.15, 0.2) is 0 Å². The fourth-order valence-corrected chi connectivity index (χ4v) is 1.76. The van der Waals surface area contributed by atoms with Crippen molar-refractivity contribution in [2.75, 3.05) is 0 Å². The molecule has 0 fully saturated rings. The molecule has 10 heavy (non-hydrogen) atoms. The SMILES string of the molecule is C1=Cc2c1ccc1c2CC1. The molecule has 0 saturated carbocycles. The van der Waals surface area contributed by atoms with Crippen LogP contribution in [-0.4, -0.2) is 0 Å². The number of hydrogen-bond donors (Lipinski definition) is 0. The van der Waals surface area contributed by atoms with Gasteiger partial charge in [0.05, 0.1) is 0 Å². The van der Waals surface area contributed by atoms with Crippen molar-refractivity contribution in [1.29, 1.82) is 0 Å². The Kier molecular flexibility index (Phi) is 0.634. The summed E-state index contributed by atoms with van der Waals surface area (Å²) in [6.45, 7) is 0. The average molecular weight is 128 g/mol. The summed E-state index contributed by atoms with van der Waals surface area (Å²) in [5.74, 6) is 0. The Morgan fingerprint density at radius 1 is 1.00 bits per heavy atom. The molecule has 0 atom stereocenters. The van der Waals surface area contributed by atoms with Gasteiger partial charge in [0.2, 0.25) is 0 Å². The molecule has 2 aliphatic rings. The van der Waals surface area contributed by atoms with Crippen molar-refractivity contribution in [2.45, 2.75) is 12.8 Å². The van der Waals surface area contributed by atoms with Gasteiger partial charge in [-0.05, 0) is 35.1 Å². The van der Waals surface area contributed by atoms with Crippen molar-refractivity contribution in [3.63, 3.8) is 0 Å². The Morgan fingerprint density at radius 2 is 2.00 bits per heavy atom. The first-order valence-electron chi connectivity index (χ1n) is 3.78. The zero-order chi connectivity index (χ0) is 6.55. The van der Waals surface area contributed by atoms with Gasteiger partial charge in [0.1, 0.15) is 0 Å². The molecule has 0 heterocycles. The number of hydrogen-bond acceptors (Lipinski definition) is 0. The first-order valence-corrected chi connectivity index (χ1v) is 3.78. The molecule has 0 heteroatoms. The summed E-state index contributed by atoms with van der Waals surface area (Å²) in [6, 6.07) is 4.49. The lowest BCUT2D eigenvalue weighted by molar-refractivity contribution is 0.834. The standard InChI is InChI=1S/C10H8/c1-2-8-4-6-10(8)9-5-3-7(1)9/h1-3,5H,4,6H2. The summed E-state index contributed by atoms with van der Waals surface area (Å²) in [5.41, 5.74) is 6.14. The van der Waals surface area contributed by atoms with Gasteiger partial charge in [0.25, 0.3) is 0 Å². The zero-order valence-corrected chi connectivity index (χ0v) is 5.72. The highest BCUT2D eigenvalue weighted by molar-refractivity contribution is 5.88. The van der Waals surface area contributed by atoms with E-state index >= 15 is 0 Å². The van der Waals surface area contributed by atoms with E-state index in [9.17, 15) is 0 Å².